The third kappa shape index (κ3) is 2.23. The summed E-state index contributed by atoms with van der Waals surface area (Å²) in [6, 6.07) is 14.1. The van der Waals surface area contributed by atoms with Gasteiger partial charge in [-0.05, 0) is 19.1 Å². The number of aromatic nitrogens is 2. The molecule has 3 nitrogen and oxygen atoms in total. The van der Waals surface area contributed by atoms with E-state index in [4.69, 9.17) is 4.74 Å². The summed E-state index contributed by atoms with van der Waals surface area (Å²) in [5, 5.41) is 3.19. The van der Waals surface area contributed by atoms with Crippen LogP contribution in [0.15, 0.2) is 54.9 Å². The monoisotopic (exact) mass is 292 g/mol. The fourth-order valence-electron chi connectivity index (χ4n) is 2.38. The number of ether oxygens (including phenoxy) is 1. The Hall–Kier alpha value is -2.46. The minimum absolute atomic E-state index is 0.763. The van der Waals surface area contributed by atoms with Crippen molar-refractivity contribution in [3.63, 3.8) is 0 Å². The molecular weight excluding hydrogens is 280 g/mol. The Labute approximate surface area is 125 Å². The highest BCUT2D eigenvalue weighted by molar-refractivity contribution is 7.18. The average Bonchev–Trinajstić information content (AvgIpc) is 2.87. The van der Waals surface area contributed by atoms with Crippen LogP contribution in [0, 0.1) is 6.92 Å². The van der Waals surface area contributed by atoms with Crippen LogP contribution >= 0.6 is 11.3 Å². The molecule has 4 heteroatoms. The number of hydrogen-bond acceptors (Lipinski definition) is 4. The quantitative estimate of drug-likeness (QED) is 0.524. The summed E-state index contributed by atoms with van der Waals surface area (Å²) >= 11 is 1.69. The number of fused-ring (bicyclic) bond motifs is 2. The van der Waals surface area contributed by atoms with E-state index in [0.717, 1.165) is 32.8 Å². The summed E-state index contributed by atoms with van der Waals surface area (Å²) in [5.74, 6) is 1.55. The predicted molar refractivity (Wildman–Crippen MR) is 86.2 cm³/mol. The molecule has 0 fully saturated rings. The Morgan fingerprint density at radius 1 is 1.05 bits per heavy atom. The van der Waals surface area contributed by atoms with E-state index < -0.39 is 0 Å². The largest absolute Gasteiger partial charge is 0.455 e. The highest BCUT2D eigenvalue weighted by atomic mass is 32.1. The van der Waals surface area contributed by atoms with Gasteiger partial charge in [0.1, 0.15) is 5.75 Å². The van der Waals surface area contributed by atoms with Crippen LogP contribution in [0.25, 0.3) is 21.0 Å². The minimum Gasteiger partial charge on any atom is -0.455 e. The molecule has 102 valence electrons. The Morgan fingerprint density at radius 3 is 2.90 bits per heavy atom. The van der Waals surface area contributed by atoms with Crippen molar-refractivity contribution in [3.8, 4) is 11.5 Å². The molecule has 0 amide bonds. The van der Waals surface area contributed by atoms with Crippen LogP contribution in [0.1, 0.15) is 5.01 Å². The highest BCUT2D eigenvalue weighted by Crippen LogP contribution is 2.31. The van der Waals surface area contributed by atoms with Crippen LogP contribution in [-0.2, 0) is 0 Å². The molecule has 0 saturated carbocycles. The molecule has 0 atom stereocenters. The Balaban J connectivity index is 1.78. The summed E-state index contributed by atoms with van der Waals surface area (Å²) in [5.41, 5.74) is 0.975. The second kappa shape index (κ2) is 4.82. The van der Waals surface area contributed by atoms with Crippen molar-refractivity contribution >= 4 is 32.3 Å². The lowest BCUT2D eigenvalue weighted by Crippen LogP contribution is -1.87. The Kier molecular flexibility index (Phi) is 2.82. The standard InChI is InChI=1S/C17H12N2OS/c1-11-19-15-8-13(6-7-17(15)21-11)20-16-10-18-9-12-4-2-3-5-14(12)16/h2-10H,1H3. The minimum atomic E-state index is 0.763. The molecule has 0 N–H and O–H groups in total. The first-order chi connectivity index (χ1) is 10.3. The van der Waals surface area contributed by atoms with Gasteiger partial charge in [-0.25, -0.2) is 4.98 Å². The maximum absolute atomic E-state index is 6.01. The van der Waals surface area contributed by atoms with E-state index in [2.05, 4.69) is 9.97 Å². The summed E-state index contributed by atoms with van der Waals surface area (Å²) in [7, 11) is 0. The van der Waals surface area contributed by atoms with Gasteiger partial charge in [0, 0.05) is 23.0 Å². The SMILES string of the molecule is Cc1nc2cc(Oc3cncc4ccccc34)ccc2s1. The lowest BCUT2D eigenvalue weighted by atomic mass is 10.2. The fraction of sp³-hybridized carbons (Fsp3) is 0.0588. The van der Waals surface area contributed by atoms with Crippen molar-refractivity contribution in [2.45, 2.75) is 6.92 Å². The first kappa shape index (κ1) is 12.3. The molecule has 0 spiro atoms. The number of hydrogen-bond donors (Lipinski definition) is 0. The first-order valence-corrected chi connectivity index (χ1v) is 7.49. The smallest absolute Gasteiger partial charge is 0.153 e. The highest BCUT2D eigenvalue weighted by Gasteiger charge is 2.06. The van der Waals surface area contributed by atoms with Crippen LogP contribution in [0.5, 0.6) is 11.5 Å². The van der Waals surface area contributed by atoms with Gasteiger partial charge in [0.25, 0.3) is 0 Å². The van der Waals surface area contributed by atoms with Crippen LogP contribution in [-0.4, -0.2) is 9.97 Å². The molecule has 21 heavy (non-hydrogen) atoms. The molecule has 2 aromatic carbocycles. The van der Waals surface area contributed by atoms with Crippen molar-refractivity contribution in [1.82, 2.24) is 9.97 Å². The third-order valence-electron chi connectivity index (χ3n) is 3.33. The van der Waals surface area contributed by atoms with Gasteiger partial charge < -0.3 is 4.74 Å². The number of thiazole rings is 1. The molecule has 2 aromatic heterocycles. The number of aryl methyl sites for hydroxylation is 1. The third-order valence-corrected chi connectivity index (χ3v) is 4.28. The maximum Gasteiger partial charge on any atom is 0.153 e. The number of pyridine rings is 1. The second-order valence-electron chi connectivity index (χ2n) is 4.82. The van der Waals surface area contributed by atoms with Crippen molar-refractivity contribution in [2.24, 2.45) is 0 Å². The van der Waals surface area contributed by atoms with Crippen molar-refractivity contribution in [2.75, 3.05) is 0 Å². The van der Waals surface area contributed by atoms with Crippen LogP contribution in [0.2, 0.25) is 0 Å². The van der Waals surface area contributed by atoms with Gasteiger partial charge in [-0.3, -0.25) is 4.98 Å². The molecule has 4 aromatic rings. The van der Waals surface area contributed by atoms with Gasteiger partial charge in [-0.2, -0.15) is 0 Å². The van der Waals surface area contributed by atoms with E-state index >= 15 is 0 Å². The van der Waals surface area contributed by atoms with Crippen LogP contribution in [0.4, 0.5) is 0 Å². The Morgan fingerprint density at radius 2 is 1.95 bits per heavy atom. The molecule has 0 bridgehead atoms. The Bertz CT molecular complexity index is 940. The van der Waals surface area contributed by atoms with Crippen molar-refractivity contribution in [3.05, 3.63) is 59.9 Å². The van der Waals surface area contributed by atoms with E-state index in [0.29, 0.717) is 0 Å². The summed E-state index contributed by atoms with van der Waals surface area (Å²) in [6.07, 6.45) is 3.59. The van der Waals surface area contributed by atoms with E-state index in [9.17, 15) is 0 Å². The zero-order valence-corrected chi connectivity index (χ0v) is 12.2. The molecule has 0 aliphatic carbocycles. The van der Waals surface area contributed by atoms with E-state index in [1.54, 1.807) is 17.5 Å². The summed E-state index contributed by atoms with van der Waals surface area (Å²) in [4.78, 5) is 8.74. The zero-order valence-electron chi connectivity index (χ0n) is 11.4. The number of benzene rings is 2. The summed E-state index contributed by atoms with van der Waals surface area (Å²) in [6.45, 7) is 2.01. The first-order valence-electron chi connectivity index (χ1n) is 6.67. The molecule has 2 heterocycles. The van der Waals surface area contributed by atoms with Gasteiger partial charge >= 0.3 is 0 Å². The van der Waals surface area contributed by atoms with E-state index in [1.807, 2.05) is 55.6 Å². The van der Waals surface area contributed by atoms with Gasteiger partial charge in [-0.15, -0.1) is 11.3 Å². The number of nitrogens with zero attached hydrogens (tertiary/aromatic N) is 2. The number of rotatable bonds is 2. The van der Waals surface area contributed by atoms with Crippen LogP contribution < -0.4 is 4.74 Å². The molecule has 0 saturated heterocycles. The van der Waals surface area contributed by atoms with Gasteiger partial charge in [0.2, 0.25) is 0 Å². The normalized spacial score (nSPS) is 11.1. The molecule has 0 aliphatic rings. The van der Waals surface area contributed by atoms with Gasteiger partial charge in [-0.1, -0.05) is 24.3 Å². The predicted octanol–water partition coefficient (Wildman–Crippen LogP) is 4.95. The van der Waals surface area contributed by atoms with Gasteiger partial charge in [0.05, 0.1) is 21.4 Å². The van der Waals surface area contributed by atoms with E-state index in [-0.39, 0.29) is 0 Å². The second-order valence-corrected chi connectivity index (χ2v) is 6.06. The van der Waals surface area contributed by atoms with Crippen molar-refractivity contribution < 1.29 is 4.74 Å². The molecule has 0 unspecified atom stereocenters. The summed E-state index contributed by atoms with van der Waals surface area (Å²) < 4.78 is 7.19. The lowest BCUT2D eigenvalue weighted by molar-refractivity contribution is 0.487. The topological polar surface area (TPSA) is 35.0 Å². The molecule has 0 radical (unpaired) electrons. The van der Waals surface area contributed by atoms with Crippen LogP contribution in [0.3, 0.4) is 0 Å². The lowest BCUT2D eigenvalue weighted by Gasteiger charge is -2.08. The average molecular weight is 292 g/mol. The zero-order chi connectivity index (χ0) is 14.2. The molecular formula is C17H12N2OS. The molecule has 0 aliphatic heterocycles. The fourth-order valence-corrected chi connectivity index (χ4v) is 3.19. The van der Waals surface area contributed by atoms with Crippen molar-refractivity contribution in [1.29, 1.82) is 0 Å². The van der Waals surface area contributed by atoms with Gasteiger partial charge in [0.15, 0.2) is 5.75 Å². The maximum atomic E-state index is 6.01. The van der Waals surface area contributed by atoms with E-state index in [1.165, 1.54) is 4.70 Å². The molecule has 4 rings (SSSR count).